The van der Waals surface area contributed by atoms with E-state index in [1.165, 1.54) is 0 Å². The van der Waals surface area contributed by atoms with Gasteiger partial charge in [-0.3, -0.25) is 0 Å². The Morgan fingerprint density at radius 2 is 1.38 bits per heavy atom. The van der Waals surface area contributed by atoms with Gasteiger partial charge >= 0.3 is 19.5 Å². The van der Waals surface area contributed by atoms with Gasteiger partial charge in [0.1, 0.15) is 0 Å². The van der Waals surface area contributed by atoms with Crippen LogP contribution in [0.2, 0.25) is 0 Å². The van der Waals surface area contributed by atoms with Gasteiger partial charge in [-0.05, 0) is 0 Å². The van der Waals surface area contributed by atoms with Crippen LogP contribution in [0.4, 0.5) is 0 Å². The normalized spacial score (nSPS) is 4.50. The van der Waals surface area contributed by atoms with Crippen LogP contribution in [0, 0.1) is 25.4 Å². The first-order chi connectivity index (χ1) is 3.15. The molecule has 0 fully saturated rings. The molecule has 0 radical (unpaired) electrons. The van der Waals surface area contributed by atoms with Crippen molar-refractivity contribution in [1.82, 2.24) is 0 Å². The van der Waals surface area contributed by atoms with Crippen LogP contribution >= 0.6 is 0 Å². The Bertz CT molecular complexity index is 57.4. The summed E-state index contributed by atoms with van der Waals surface area (Å²) < 4.78 is 0. The van der Waals surface area contributed by atoms with Crippen LogP contribution in [0.5, 0.6) is 0 Å². The van der Waals surface area contributed by atoms with Gasteiger partial charge < -0.3 is 25.4 Å². The van der Waals surface area contributed by atoms with Crippen molar-refractivity contribution in [3.63, 3.8) is 0 Å². The van der Waals surface area contributed by atoms with Gasteiger partial charge in [-0.1, -0.05) is 0 Å². The van der Waals surface area contributed by atoms with Crippen molar-refractivity contribution >= 4 is 0 Å². The second-order valence-electron chi connectivity index (χ2n) is 0.298. The molecular weight excluding hydrogens is 173 g/mol. The van der Waals surface area contributed by atoms with Crippen molar-refractivity contribution in [2.75, 3.05) is 0 Å². The molecule has 8 heteroatoms. The summed E-state index contributed by atoms with van der Waals surface area (Å²) in [5.74, 6) is 0. The van der Waals surface area contributed by atoms with E-state index in [0.29, 0.717) is 0 Å². The third-order valence-corrected chi connectivity index (χ3v) is 0. The molecule has 0 bridgehead atoms. The standard InChI is InChI=1S/NO3.HNO2.Zn/c2-1(3)4;2-1-3;/h;(H,2,3);/q-1;;+2/p-1. The maximum Gasteiger partial charge on any atom is 2.00 e. The Balaban J connectivity index is -0.0000000575. The third kappa shape index (κ3) is 154. The summed E-state index contributed by atoms with van der Waals surface area (Å²) >= 11 is 0. The summed E-state index contributed by atoms with van der Waals surface area (Å²) in [6, 6.07) is 0. The van der Waals surface area contributed by atoms with Gasteiger partial charge in [-0.2, -0.15) is 0 Å². The van der Waals surface area contributed by atoms with Crippen LogP contribution in [0.3, 0.4) is 0 Å². The van der Waals surface area contributed by atoms with Crippen molar-refractivity contribution in [2.24, 2.45) is 5.34 Å². The van der Waals surface area contributed by atoms with E-state index in [1.54, 1.807) is 0 Å². The molecule has 42 valence electrons. The molecule has 0 aliphatic rings. The van der Waals surface area contributed by atoms with E-state index < -0.39 is 5.09 Å². The zero-order chi connectivity index (χ0) is 6.28. The number of nitrogens with zero attached hydrogens (tertiary/aromatic N) is 2. The molecule has 0 rings (SSSR count). The van der Waals surface area contributed by atoms with Gasteiger partial charge in [-0.25, -0.2) is 0 Å². The van der Waals surface area contributed by atoms with Crippen molar-refractivity contribution in [3.8, 4) is 0 Å². The van der Waals surface area contributed by atoms with Gasteiger partial charge in [0, 0.05) is 0 Å². The molecule has 7 nitrogen and oxygen atoms in total. The smallest absolute Gasteiger partial charge is 0.444 e. The Morgan fingerprint density at radius 3 is 1.38 bits per heavy atom. The second kappa shape index (κ2) is 16.3. The fraction of sp³-hybridized carbons (Fsp3) is 0. The minimum absolute atomic E-state index is 0. The molecular formula is N2O5Zn. The molecule has 0 unspecified atom stereocenters. The molecule has 0 saturated carbocycles. The van der Waals surface area contributed by atoms with E-state index in [1.807, 2.05) is 0 Å². The minimum Gasteiger partial charge on any atom is -0.444 e. The number of hydrogen-bond donors (Lipinski definition) is 0. The monoisotopic (exact) mass is 172 g/mol. The van der Waals surface area contributed by atoms with E-state index in [-0.39, 0.29) is 19.5 Å². The average Bonchev–Trinajstić information content (AvgIpc) is 1.33. The maximum atomic E-state index is 8.25. The van der Waals surface area contributed by atoms with Crippen LogP contribution in [0.1, 0.15) is 0 Å². The topological polar surface area (TPSA) is 119 Å². The molecule has 0 atom stereocenters. The quantitative estimate of drug-likeness (QED) is 0.221. The number of rotatable bonds is 0. The predicted molar refractivity (Wildman–Crippen MR) is 19.5 cm³/mol. The molecule has 0 aromatic heterocycles. The van der Waals surface area contributed by atoms with Crippen LogP contribution in [0.25, 0.3) is 0 Å². The molecule has 0 spiro atoms. The average molecular weight is 173 g/mol. The first-order valence-electron chi connectivity index (χ1n) is 0.913. The summed E-state index contributed by atoms with van der Waals surface area (Å²) in [4.78, 5) is 16.2. The van der Waals surface area contributed by atoms with E-state index in [9.17, 15) is 0 Å². The summed E-state index contributed by atoms with van der Waals surface area (Å²) in [5.41, 5.74) is 0. The first kappa shape index (κ1) is 15.7. The largest absolute Gasteiger partial charge is 2.00 e. The predicted octanol–water partition coefficient (Wildman–Crippen LogP) is 0.00900. The summed E-state index contributed by atoms with van der Waals surface area (Å²) in [6.45, 7) is 0. The minimum atomic E-state index is -1.75. The zero-order valence-electron chi connectivity index (χ0n) is 3.64. The van der Waals surface area contributed by atoms with Crippen molar-refractivity contribution in [2.45, 2.75) is 0 Å². The molecule has 0 heterocycles. The molecule has 0 N–H and O–H groups in total. The molecule has 0 aromatic carbocycles. The maximum absolute atomic E-state index is 8.25. The Kier molecular flexibility index (Phi) is 32.0. The van der Waals surface area contributed by atoms with Crippen molar-refractivity contribution in [1.29, 1.82) is 0 Å². The van der Waals surface area contributed by atoms with Gasteiger partial charge in [0.05, 0.1) is 5.09 Å². The second-order valence-corrected chi connectivity index (χ2v) is 0.298. The summed E-state index contributed by atoms with van der Waals surface area (Å²) in [5, 5.41) is 23.8. The van der Waals surface area contributed by atoms with Gasteiger partial charge in [-0.15, -0.1) is 5.34 Å². The fourth-order valence-electron chi connectivity index (χ4n) is 0. The molecule has 8 heavy (non-hydrogen) atoms. The Morgan fingerprint density at radius 1 is 1.38 bits per heavy atom. The van der Waals surface area contributed by atoms with Crippen LogP contribution in [0.15, 0.2) is 5.34 Å². The summed E-state index contributed by atoms with van der Waals surface area (Å²) in [6.07, 6.45) is 0. The molecule has 0 aliphatic heterocycles. The van der Waals surface area contributed by atoms with E-state index in [2.05, 4.69) is 0 Å². The van der Waals surface area contributed by atoms with Gasteiger partial charge in [0.2, 0.25) is 0 Å². The molecule has 0 saturated heterocycles. The van der Waals surface area contributed by atoms with Gasteiger partial charge in [0.15, 0.2) is 0 Å². The Labute approximate surface area is 56.1 Å². The third-order valence-electron chi connectivity index (χ3n) is 0. The zero-order valence-corrected chi connectivity index (χ0v) is 6.61. The van der Waals surface area contributed by atoms with Gasteiger partial charge in [0.25, 0.3) is 0 Å². The SMILES string of the molecule is O=N[O-].O=[N+]([O-])[O-].[Zn+2]. The Hall–Kier alpha value is -0.777. The molecule has 0 aromatic rings. The summed E-state index contributed by atoms with van der Waals surface area (Å²) in [7, 11) is 0. The van der Waals surface area contributed by atoms with Crippen molar-refractivity contribution in [3.05, 3.63) is 25.4 Å². The van der Waals surface area contributed by atoms with E-state index in [0.717, 1.165) is 5.34 Å². The van der Waals surface area contributed by atoms with Crippen molar-refractivity contribution < 1.29 is 24.6 Å². The van der Waals surface area contributed by atoms with Crippen LogP contribution in [-0.2, 0) is 19.5 Å². The van der Waals surface area contributed by atoms with Crippen LogP contribution < -0.4 is 0 Å². The van der Waals surface area contributed by atoms with E-state index >= 15 is 0 Å². The van der Waals surface area contributed by atoms with E-state index in [4.69, 9.17) is 25.4 Å². The molecule has 0 amide bonds. The fourth-order valence-corrected chi connectivity index (χ4v) is 0. The van der Waals surface area contributed by atoms with Crippen LogP contribution in [-0.4, -0.2) is 5.09 Å². The number of hydrogen-bond acceptors (Lipinski definition) is 6. The first-order valence-corrected chi connectivity index (χ1v) is 0.913. The molecule has 0 aliphatic carbocycles.